The summed E-state index contributed by atoms with van der Waals surface area (Å²) >= 11 is 0. The van der Waals surface area contributed by atoms with Crippen LogP contribution in [0.25, 0.3) is 11.0 Å². The molecule has 1 N–H and O–H groups in total. The summed E-state index contributed by atoms with van der Waals surface area (Å²) in [6.45, 7) is 11.1. The lowest BCUT2D eigenvalue weighted by atomic mass is 10.1. The molecule has 0 aliphatic rings. The molecule has 2 aromatic heterocycles. The van der Waals surface area contributed by atoms with E-state index < -0.39 is 0 Å². The zero-order valence-corrected chi connectivity index (χ0v) is 20.6. The Balaban J connectivity index is 1.65. The van der Waals surface area contributed by atoms with Crippen LogP contribution in [-0.2, 0) is 13.1 Å². The van der Waals surface area contributed by atoms with Gasteiger partial charge in [-0.1, -0.05) is 36.8 Å². The van der Waals surface area contributed by atoms with Gasteiger partial charge in [0, 0.05) is 29.1 Å². The van der Waals surface area contributed by atoms with E-state index in [1.807, 2.05) is 86.9 Å². The van der Waals surface area contributed by atoms with Crippen molar-refractivity contribution >= 4 is 22.7 Å². The average molecular weight is 457 g/mol. The lowest BCUT2D eigenvalue weighted by Crippen LogP contribution is -2.29. The van der Waals surface area contributed by atoms with Gasteiger partial charge in [-0.3, -0.25) is 9.59 Å². The van der Waals surface area contributed by atoms with Crippen LogP contribution in [0.15, 0.2) is 54.6 Å². The Bertz CT molecular complexity index is 1340. The van der Waals surface area contributed by atoms with Crippen LogP contribution in [0.5, 0.6) is 0 Å². The average Bonchev–Trinajstić information content (AvgIpc) is 3.32. The Kier molecular flexibility index (Phi) is 6.68. The van der Waals surface area contributed by atoms with Gasteiger partial charge in [-0.2, -0.15) is 0 Å². The minimum Gasteiger partial charge on any atom is -0.348 e. The molecule has 4 rings (SSSR count). The topological polar surface area (TPSA) is 68.9 Å². The van der Waals surface area contributed by atoms with Crippen LogP contribution in [0.4, 0.5) is 0 Å². The number of carbonyl (C=O) groups excluding carboxylic acids is 2. The standard InChI is InChI=1S/C28H32N4O2/c1-6-15-31-19(3)16-23(21(31)5)26(33)17-32-25-10-8-7-9-24(25)30-27(32)20(4)29-28(34)22-13-11-18(2)12-14-22/h7-14,16,20H,6,15,17H2,1-5H3,(H,29,34). The number of nitrogens with zero attached hydrogens (tertiary/aromatic N) is 3. The number of rotatable bonds is 8. The van der Waals surface area contributed by atoms with Crippen molar-refractivity contribution in [3.05, 3.63) is 88.5 Å². The second-order valence-electron chi connectivity index (χ2n) is 8.97. The van der Waals surface area contributed by atoms with Gasteiger partial charge in [0.2, 0.25) is 0 Å². The van der Waals surface area contributed by atoms with E-state index in [1.54, 1.807) is 0 Å². The molecule has 1 unspecified atom stereocenters. The maximum atomic E-state index is 13.4. The van der Waals surface area contributed by atoms with Crippen LogP contribution in [0, 0.1) is 20.8 Å². The Labute approximate surface area is 200 Å². The van der Waals surface area contributed by atoms with Gasteiger partial charge in [-0.05, 0) is 64.4 Å². The molecule has 34 heavy (non-hydrogen) atoms. The maximum absolute atomic E-state index is 13.4. The van der Waals surface area contributed by atoms with Crippen molar-refractivity contribution in [3.8, 4) is 0 Å². The minimum atomic E-state index is -0.374. The van der Waals surface area contributed by atoms with Gasteiger partial charge in [0.25, 0.3) is 5.91 Å². The first kappa shape index (κ1) is 23.5. The first-order chi connectivity index (χ1) is 16.3. The third-order valence-corrected chi connectivity index (χ3v) is 6.36. The molecule has 176 valence electrons. The smallest absolute Gasteiger partial charge is 0.251 e. The molecule has 0 aliphatic carbocycles. The van der Waals surface area contributed by atoms with Crippen LogP contribution < -0.4 is 5.32 Å². The highest BCUT2D eigenvalue weighted by molar-refractivity contribution is 5.98. The van der Waals surface area contributed by atoms with Crippen molar-refractivity contribution in [3.63, 3.8) is 0 Å². The van der Waals surface area contributed by atoms with Crippen molar-refractivity contribution < 1.29 is 9.59 Å². The Morgan fingerprint density at radius 2 is 1.71 bits per heavy atom. The molecule has 6 nitrogen and oxygen atoms in total. The highest BCUT2D eigenvalue weighted by Crippen LogP contribution is 2.23. The van der Waals surface area contributed by atoms with Crippen molar-refractivity contribution in [2.45, 2.75) is 60.2 Å². The Morgan fingerprint density at radius 1 is 1.00 bits per heavy atom. The summed E-state index contributed by atoms with van der Waals surface area (Å²) < 4.78 is 4.13. The van der Waals surface area contributed by atoms with Crippen LogP contribution >= 0.6 is 0 Å². The molecule has 0 aliphatic heterocycles. The maximum Gasteiger partial charge on any atom is 0.251 e. The van der Waals surface area contributed by atoms with Gasteiger partial charge in [0.1, 0.15) is 5.82 Å². The lowest BCUT2D eigenvalue weighted by Gasteiger charge is -2.16. The third-order valence-electron chi connectivity index (χ3n) is 6.36. The minimum absolute atomic E-state index is 0.0388. The van der Waals surface area contributed by atoms with Gasteiger partial charge in [0.05, 0.1) is 23.6 Å². The summed E-state index contributed by atoms with van der Waals surface area (Å²) in [6.07, 6.45) is 1.01. The van der Waals surface area contributed by atoms with E-state index in [-0.39, 0.29) is 24.3 Å². The molecule has 6 heteroatoms. The predicted molar refractivity (Wildman–Crippen MR) is 135 cm³/mol. The zero-order valence-electron chi connectivity index (χ0n) is 20.6. The molecular formula is C28H32N4O2. The summed E-state index contributed by atoms with van der Waals surface area (Å²) in [7, 11) is 0. The first-order valence-corrected chi connectivity index (χ1v) is 11.8. The van der Waals surface area contributed by atoms with Crippen molar-refractivity contribution in [1.29, 1.82) is 0 Å². The molecule has 1 amide bonds. The molecule has 2 aromatic carbocycles. The molecule has 0 bridgehead atoms. The third kappa shape index (κ3) is 4.53. The van der Waals surface area contributed by atoms with E-state index in [4.69, 9.17) is 4.98 Å². The number of benzene rings is 2. The highest BCUT2D eigenvalue weighted by Gasteiger charge is 2.23. The second-order valence-corrected chi connectivity index (χ2v) is 8.97. The fraction of sp³-hybridized carbons (Fsp3) is 0.321. The Hall–Kier alpha value is -3.67. The molecule has 0 saturated heterocycles. The number of para-hydroxylation sites is 2. The monoisotopic (exact) mass is 456 g/mol. The summed E-state index contributed by atoms with van der Waals surface area (Å²) in [5.41, 5.74) is 6.21. The van der Waals surface area contributed by atoms with Gasteiger partial charge >= 0.3 is 0 Å². The predicted octanol–water partition coefficient (Wildman–Crippen LogP) is 5.55. The molecule has 1 atom stereocenters. The highest BCUT2D eigenvalue weighted by atomic mass is 16.1. The molecule has 0 fully saturated rings. The molecular weight excluding hydrogens is 424 g/mol. The number of amides is 1. The van der Waals surface area contributed by atoms with Crippen LogP contribution in [-0.4, -0.2) is 25.8 Å². The van der Waals surface area contributed by atoms with Crippen LogP contribution in [0.2, 0.25) is 0 Å². The van der Waals surface area contributed by atoms with Gasteiger partial charge in [-0.15, -0.1) is 0 Å². The molecule has 4 aromatic rings. The number of nitrogens with one attached hydrogen (secondary N) is 1. The number of carbonyl (C=O) groups is 2. The van der Waals surface area contributed by atoms with E-state index in [0.29, 0.717) is 11.4 Å². The summed E-state index contributed by atoms with van der Waals surface area (Å²) in [5, 5.41) is 3.05. The zero-order chi connectivity index (χ0) is 24.4. The number of hydrogen-bond acceptors (Lipinski definition) is 3. The molecule has 0 saturated carbocycles. The lowest BCUT2D eigenvalue weighted by molar-refractivity contribution is 0.0937. The number of imidazole rings is 1. The van der Waals surface area contributed by atoms with Crippen molar-refractivity contribution in [2.24, 2.45) is 0 Å². The number of fused-ring (bicyclic) bond motifs is 1. The largest absolute Gasteiger partial charge is 0.348 e. The van der Waals surface area contributed by atoms with E-state index in [1.165, 1.54) is 0 Å². The fourth-order valence-electron chi connectivity index (χ4n) is 4.52. The normalized spacial score (nSPS) is 12.1. The van der Waals surface area contributed by atoms with Crippen molar-refractivity contribution in [2.75, 3.05) is 0 Å². The number of aryl methyl sites for hydroxylation is 2. The summed E-state index contributed by atoms with van der Waals surface area (Å²) in [6, 6.07) is 16.8. The van der Waals surface area contributed by atoms with Gasteiger partial charge in [0.15, 0.2) is 5.78 Å². The van der Waals surface area contributed by atoms with Crippen molar-refractivity contribution in [1.82, 2.24) is 19.4 Å². The van der Waals surface area contributed by atoms with Gasteiger partial charge in [-0.25, -0.2) is 4.98 Å². The van der Waals surface area contributed by atoms with Gasteiger partial charge < -0.3 is 14.5 Å². The summed E-state index contributed by atoms with van der Waals surface area (Å²) in [5.74, 6) is 0.537. The SMILES string of the molecule is CCCn1c(C)cc(C(=O)Cn2c(C(C)NC(=O)c3ccc(C)cc3)nc3ccccc32)c1C. The quantitative estimate of drug-likeness (QED) is 0.354. The number of Topliss-reactive ketones (excluding diaryl/α,β-unsaturated/α-hetero) is 1. The van der Waals surface area contributed by atoms with E-state index >= 15 is 0 Å². The Morgan fingerprint density at radius 3 is 2.41 bits per heavy atom. The van der Waals surface area contributed by atoms with E-state index in [9.17, 15) is 9.59 Å². The summed E-state index contributed by atoms with van der Waals surface area (Å²) in [4.78, 5) is 31.1. The van der Waals surface area contributed by atoms with Crippen LogP contribution in [0.3, 0.4) is 0 Å². The van der Waals surface area contributed by atoms with E-state index in [2.05, 4.69) is 16.8 Å². The molecule has 0 radical (unpaired) electrons. The van der Waals surface area contributed by atoms with Crippen LogP contribution in [0.1, 0.15) is 69.8 Å². The number of aromatic nitrogens is 3. The first-order valence-electron chi connectivity index (χ1n) is 11.8. The van der Waals surface area contributed by atoms with E-state index in [0.717, 1.165) is 46.5 Å². The number of hydrogen-bond donors (Lipinski definition) is 1. The fourth-order valence-corrected chi connectivity index (χ4v) is 4.52. The number of ketones is 1. The second kappa shape index (κ2) is 9.67. The molecule has 0 spiro atoms. The molecule has 2 heterocycles.